The Bertz CT molecular complexity index is 1300. The number of hydrogen-bond donors (Lipinski definition) is 0. The monoisotopic (exact) mass is 390 g/mol. The molecule has 0 radical (unpaired) electrons. The van der Waals surface area contributed by atoms with E-state index in [1.54, 1.807) is 18.0 Å². The number of benzene rings is 1. The summed E-state index contributed by atoms with van der Waals surface area (Å²) in [6.07, 6.45) is 1.69. The third kappa shape index (κ3) is 2.79. The second kappa shape index (κ2) is 6.53. The topological polar surface area (TPSA) is 69.4 Å². The van der Waals surface area contributed by atoms with E-state index in [2.05, 4.69) is 33.7 Å². The van der Waals surface area contributed by atoms with Crippen molar-refractivity contribution in [1.29, 1.82) is 0 Å². The summed E-state index contributed by atoms with van der Waals surface area (Å²) in [6, 6.07) is 12.1. The molecule has 0 bridgehead atoms. The number of furan rings is 1. The smallest absolute Gasteiger partial charge is 0.226 e. The maximum atomic E-state index is 5.89. The predicted octanol–water partition coefficient (Wildman–Crippen LogP) is 5.35. The van der Waals surface area contributed by atoms with Gasteiger partial charge in [0.05, 0.1) is 23.0 Å². The third-order valence-electron chi connectivity index (χ3n) is 4.79. The van der Waals surface area contributed by atoms with Crippen molar-refractivity contribution in [3.63, 3.8) is 0 Å². The van der Waals surface area contributed by atoms with Crippen molar-refractivity contribution in [2.75, 3.05) is 0 Å². The fourth-order valence-corrected chi connectivity index (χ4v) is 4.20. The Balaban J connectivity index is 1.45. The zero-order chi connectivity index (χ0) is 19.3. The number of nitrogens with zero attached hydrogens (tertiary/aromatic N) is 4. The first-order chi connectivity index (χ1) is 13.6. The molecule has 5 rings (SSSR count). The van der Waals surface area contributed by atoms with Crippen LogP contribution in [0.4, 0.5) is 0 Å². The van der Waals surface area contributed by atoms with Gasteiger partial charge in [-0.15, -0.1) is 10.2 Å². The van der Waals surface area contributed by atoms with Gasteiger partial charge in [0.25, 0.3) is 0 Å². The van der Waals surface area contributed by atoms with Crippen molar-refractivity contribution in [3.05, 3.63) is 65.5 Å². The molecule has 140 valence electrons. The van der Waals surface area contributed by atoms with Gasteiger partial charge in [0.1, 0.15) is 16.6 Å². The molecule has 0 aliphatic rings. The summed E-state index contributed by atoms with van der Waals surface area (Å²) in [5.74, 6) is 2.95. The molecule has 0 unspecified atom stereocenters. The van der Waals surface area contributed by atoms with E-state index >= 15 is 0 Å². The molecule has 5 aromatic rings. The highest BCUT2D eigenvalue weighted by Crippen LogP contribution is 2.31. The van der Waals surface area contributed by atoms with Crippen LogP contribution < -0.4 is 0 Å². The molecule has 7 heteroatoms. The van der Waals surface area contributed by atoms with Crippen LogP contribution in [-0.2, 0) is 5.75 Å². The maximum absolute atomic E-state index is 5.89. The maximum Gasteiger partial charge on any atom is 0.226 e. The summed E-state index contributed by atoms with van der Waals surface area (Å²) in [5, 5.41) is 9.55. The Hall–Kier alpha value is -3.06. The molecule has 1 aromatic carbocycles. The normalized spacial score (nSPS) is 11.7. The van der Waals surface area contributed by atoms with E-state index in [1.807, 2.05) is 38.1 Å². The fraction of sp³-hybridized carbons (Fsp3) is 0.190. The van der Waals surface area contributed by atoms with E-state index in [-0.39, 0.29) is 0 Å². The number of oxazole rings is 1. The molecule has 4 aromatic heterocycles. The van der Waals surface area contributed by atoms with Crippen molar-refractivity contribution >= 4 is 28.4 Å². The van der Waals surface area contributed by atoms with Crippen molar-refractivity contribution in [2.45, 2.75) is 31.6 Å². The standard InChI is InChI=1S/C21H18N4O2S/c1-12-4-6-15(7-5-12)20-22-16(13(2)27-20)11-28-21-18-10-19-17(8-9-26-19)25(18)14(3)23-24-21/h4-10H,11H2,1-3H3. The predicted molar refractivity (Wildman–Crippen MR) is 108 cm³/mol. The zero-order valence-corrected chi connectivity index (χ0v) is 16.6. The Morgan fingerprint density at radius 3 is 2.64 bits per heavy atom. The van der Waals surface area contributed by atoms with Gasteiger partial charge < -0.3 is 8.83 Å². The number of fused-ring (bicyclic) bond motifs is 3. The van der Waals surface area contributed by atoms with Crippen LogP contribution in [0.1, 0.15) is 22.8 Å². The minimum atomic E-state index is 0.647. The molecule has 4 heterocycles. The van der Waals surface area contributed by atoms with Gasteiger partial charge in [0.2, 0.25) is 5.89 Å². The number of aromatic nitrogens is 4. The fourth-order valence-electron chi connectivity index (χ4n) is 3.27. The van der Waals surface area contributed by atoms with Crippen molar-refractivity contribution < 1.29 is 8.83 Å². The van der Waals surface area contributed by atoms with E-state index in [1.165, 1.54) is 5.56 Å². The first-order valence-electron chi connectivity index (χ1n) is 8.98. The highest BCUT2D eigenvalue weighted by atomic mass is 32.2. The number of aryl methyl sites for hydroxylation is 3. The van der Waals surface area contributed by atoms with Gasteiger partial charge in [0, 0.05) is 23.4 Å². The van der Waals surface area contributed by atoms with Gasteiger partial charge in [-0.25, -0.2) is 4.98 Å². The van der Waals surface area contributed by atoms with Crippen LogP contribution >= 0.6 is 11.8 Å². The van der Waals surface area contributed by atoms with Crippen LogP contribution in [0.2, 0.25) is 0 Å². The van der Waals surface area contributed by atoms with Gasteiger partial charge in [-0.3, -0.25) is 4.40 Å². The van der Waals surface area contributed by atoms with E-state index in [0.29, 0.717) is 11.6 Å². The Morgan fingerprint density at radius 1 is 1.00 bits per heavy atom. The van der Waals surface area contributed by atoms with Gasteiger partial charge in [0.15, 0.2) is 5.58 Å². The minimum absolute atomic E-state index is 0.647. The largest absolute Gasteiger partial charge is 0.463 e. The molecule has 0 N–H and O–H groups in total. The number of thioether (sulfide) groups is 1. The third-order valence-corrected chi connectivity index (χ3v) is 5.77. The molecule has 0 saturated heterocycles. The van der Waals surface area contributed by atoms with Crippen LogP contribution in [0.15, 0.2) is 56.5 Å². The van der Waals surface area contributed by atoms with Gasteiger partial charge in [-0.2, -0.15) is 0 Å². The summed E-state index contributed by atoms with van der Waals surface area (Å²) in [7, 11) is 0. The molecule has 28 heavy (non-hydrogen) atoms. The molecule has 0 saturated carbocycles. The first kappa shape index (κ1) is 17.1. The van der Waals surface area contributed by atoms with Gasteiger partial charge in [-0.05, 0) is 32.9 Å². The molecule has 0 atom stereocenters. The molecule has 0 amide bonds. The molecule has 0 aliphatic carbocycles. The van der Waals surface area contributed by atoms with E-state index < -0.39 is 0 Å². The molecule has 6 nitrogen and oxygen atoms in total. The van der Waals surface area contributed by atoms with Crippen LogP contribution in [0, 0.1) is 20.8 Å². The Labute approximate surface area is 165 Å². The molecule has 0 fully saturated rings. The summed E-state index contributed by atoms with van der Waals surface area (Å²) in [6.45, 7) is 5.95. The second-order valence-electron chi connectivity index (χ2n) is 6.76. The average Bonchev–Trinajstić information content (AvgIpc) is 3.36. The quantitative estimate of drug-likeness (QED) is 0.385. The highest BCUT2D eigenvalue weighted by molar-refractivity contribution is 7.98. The zero-order valence-electron chi connectivity index (χ0n) is 15.8. The molecular weight excluding hydrogens is 372 g/mol. The van der Waals surface area contributed by atoms with Crippen molar-refractivity contribution in [3.8, 4) is 11.5 Å². The second-order valence-corrected chi connectivity index (χ2v) is 7.73. The lowest BCUT2D eigenvalue weighted by atomic mass is 10.1. The molecule has 0 aliphatic heterocycles. The lowest BCUT2D eigenvalue weighted by Gasteiger charge is -2.04. The van der Waals surface area contributed by atoms with Crippen LogP contribution in [0.25, 0.3) is 28.1 Å². The number of hydrogen-bond acceptors (Lipinski definition) is 6. The summed E-state index contributed by atoms with van der Waals surface area (Å²) in [4.78, 5) is 4.69. The number of rotatable bonds is 4. The van der Waals surface area contributed by atoms with Gasteiger partial charge >= 0.3 is 0 Å². The van der Waals surface area contributed by atoms with E-state index in [4.69, 9.17) is 13.8 Å². The SMILES string of the molecule is Cc1ccc(-c2nc(CSc3nnc(C)n4c3cc3occc34)c(C)o2)cc1. The Kier molecular flexibility index (Phi) is 3.98. The summed E-state index contributed by atoms with van der Waals surface area (Å²) >= 11 is 1.60. The Morgan fingerprint density at radius 2 is 1.82 bits per heavy atom. The summed E-state index contributed by atoms with van der Waals surface area (Å²) < 4.78 is 13.5. The van der Waals surface area contributed by atoms with Crippen molar-refractivity contribution in [1.82, 2.24) is 19.6 Å². The summed E-state index contributed by atoms with van der Waals surface area (Å²) in [5.41, 5.74) is 5.93. The lowest BCUT2D eigenvalue weighted by Crippen LogP contribution is -2.00. The van der Waals surface area contributed by atoms with Crippen LogP contribution in [0.3, 0.4) is 0 Å². The van der Waals surface area contributed by atoms with Crippen LogP contribution in [0.5, 0.6) is 0 Å². The van der Waals surface area contributed by atoms with E-state index in [9.17, 15) is 0 Å². The molecular formula is C21H18N4O2S. The highest BCUT2D eigenvalue weighted by Gasteiger charge is 2.16. The minimum Gasteiger partial charge on any atom is -0.463 e. The van der Waals surface area contributed by atoms with Crippen LogP contribution in [-0.4, -0.2) is 19.6 Å². The van der Waals surface area contributed by atoms with Gasteiger partial charge in [-0.1, -0.05) is 29.5 Å². The van der Waals surface area contributed by atoms with E-state index in [0.717, 1.165) is 44.5 Å². The molecule has 0 spiro atoms. The average molecular weight is 390 g/mol. The van der Waals surface area contributed by atoms with Crippen molar-refractivity contribution in [2.24, 2.45) is 0 Å². The lowest BCUT2D eigenvalue weighted by molar-refractivity contribution is 0.540. The first-order valence-corrected chi connectivity index (χ1v) is 9.97.